The van der Waals surface area contributed by atoms with Crippen LogP contribution in [0.5, 0.6) is 11.9 Å². The zero-order valence-electron chi connectivity index (χ0n) is 18.9. The van der Waals surface area contributed by atoms with Crippen molar-refractivity contribution in [1.82, 2.24) is 24.8 Å². The van der Waals surface area contributed by atoms with E-state index >= 15 is 0 Å². The number of aromatic nitrogens is 4. The quantitative estimate of drug-likeness (QED) is 0.676. The Labute approximate surface area is 184 Å². The summed E-state index contributed by atoms with van der Waals surface area (Å²) in [7, 11) is 0. The molecule has 8 nitrogen and oxygen atoms in total. The fourth-order valence-electron chi connectivity index (χ4n) is 3.92. The normalized spacial score (nSPS) is 18.1. The second kappa shape index (κ2) is 9.34. The van der Waals surface area contributed by atoms with E-state index in [0.717, 1.165) is 50.8 Å². The summed E-state index contributed by atoms with van der Waals surface area (Å²) in [4.78, 5) is 22.6. The molecule has 2 aromatic heterocycles. The summed E-state index contributed by atoms with van der Waals surface area (Å²) in [5.41, 5.74) is 1.19. The molecule has 2 aromatic rings. The van der Waals surface area contributed by atoms with Crippen molar-refractivity contribution < 1.29 is 9.84 Å². The SMILES string of the molecule is CC(C)(C)c1nc(C2CCC2)cc(N2CCN(CCCOc3nccc(O)n3)CC2)n1. The first-order valence-electron chi connectivity index (χ1n) is 11.4. The maximum Gasteiger partial charge on any atom is 0.319 e. The molecule has 1 saturated heterocycles. The predicted molar refractivity (Wildman–Crippen MR) is 120 cm³/mol. The summed E-state index contributed by atoms with van der Waals surface area (Å²) in [6.45, 7) is 12.1. The van der Waals surface area contributed by atoms with E-state index in [0.29, 0.717) is 12.5 Å². The Balaban J connectivity index is 1.29. The molecule has 0 radical (unpaired) electrons. The summed E-state index contributed by atoms with van der Waals surface area (Å²) < 4.78 is 5.53. The fraction of sp³-hybridized carbons (Fsp3) is 0.652. The first-order valence-corrected chi connectivity index (χ1v) is 11.4. The van der Waals surface area contributed by atoms with Gasteiger partial charge in [0, 0.05) is 68.1 Å². The van der Waals surface area contributed by atoms with Gasteiger partial charge in [-0.05, 0) is 19.3 Å². The molecule has 2 fully saturated rings. The van der Waals surface area contributed by atoms with Gasteiger partial charge >= 0.3 is 6.01 Å². The molecular formula is C23H34N6O2. The van der Waals surface area contributed by atoms with Crippen molar-refractivity contribution in [3.63, 3.8) is 0 Å². The first kappa shape index (κ1) is 21.7. The molecule has 4 rings (SSSR count). The highest BCUT2D eigenvalue weighted by molar-refractivity contribution is 5.42. The van der Waals surface area contributed by atoms with E-state index in [2.05, 4.69) is 46.6 Å². The lowest BCUT2D eigenvalue weighted by atomic mass is 9.82. The molecule has 0 aromatic carbocycles. The van der Waals surface area contributed by atoms with E-state index in [1.807, 2.05) is 0 Å². The van der Waals surface area contributed by atoms with Gasteiger partial charge in [-0.25, -0.2) is 15.0 Å². The lowest BCUT2D eigenvalue weighted by Gasteiger charge is -2.36. The maximum atomic E-state index is 9.37. The molecule has 31 heavy (non-hydrogen) atoms. The van der Waals surface area contributed by atoms with Crippen molar-refractivity contribution in [2.24, 2.45) is 0 Å². The van der Waals surface area contributed by atoms with Crippen LogP contribution in [0.25, 0.3) is 0 Å². The van der Waals surface area contributed by atoms with Crippen LogP contribution in [0, 0.1) is 0 Å². The van der Waals surface area contributed by atoms with Crippen molar-refractivity contribution >= 4 is 5.82 Å². The van der Waals surface area contributed by atoms with Crippen molar-refractivity contribution in [3.05, 3.63) is 29.8 Å². The Hall–Kier alpha value is -2.48. The Morgan fingerprint density at radius 2 is 1.87 bits per heavy atom. The molecule has 0 spiro atoms. The lowest BCUT2D eigenvalue weighted by Crippen LogP contribution is -2.47. The molecule has 0 bridgehead atoms. The molecule has 8 heteroatoms. The second-order valence-electron chi connectivity index (χ2n) is 9.58. The first-order chi connectivity index (χ1) is 14.9. The van der Waals surface area contributed by atoms with Crippen LogP contribution in [0.15, 0.2) is 18.3 Å². The Kier molecular flexibility index (Phi) is 6.55. The summed E-state index contributed by atoms with van der Waals surface area (Å²) in [6.07, 6.45) is 6.21. The van der Waals surface area contributed by atoms with E-state index in [1.54, 1.807) is 0 Å². The van der Waals surface area contributed by atoms with Crippen LogP contribution in [-0.4, -0.2) is 69.3 Å². The summed E-state index contributed by atoms with van der Waals surface area (Å²) in [5, 5.41) is 9.37. The summed E-state index contributed by atoms with van der Waals surface area (Å²) in [6, 6.07) is 3.90. The standard InChI is InChI=1S/C23H34N6O2/c1-23(2,3)21-25-18(17-6-4-7-17)16-19(26-21)29-13-11-28(12-14-29)10-5-15-31-22-24-9-8-20(30)27-22/h8-9,16-17H,4-7,10-15H2,1-3H3,(H,24,27,30). The van der Waals surface area contributed by atoms with E-state index in [-0.39, 0.29) is 17.3 Å². The molecule has 0 unspecified atom stereocenters. The number of hydrogen-bond donors (Lipinski definition) is 1. The van der Waals surface area contributed by atoms with Crippen LogP contribution in [-0.2, 0) is 5.41 Å². The number of rotatable bonds is 7. The van der Waals surface area contributed by atoms with Crippen LogP contribution in [0.2, 0.25) is 0 Å². The molecule has 0 amide bonds. The topological polar surface area (TPSA) is 87.5 Å². The maximum absolute atomic E-state index is 9.37. The third-order valence-electron chi connectivity index (χ3n) is 6.09. The summed E-state index contributed by atoms with van der Waals surface area (Å²) in [5.74, 6) is 2.59. The van der Waals surface area contributed by atoms with Crippen LogP contribution in [0.1, 0.15) is 63.9 Å². The number of ether oxygens (including phenoxy) is 1. The highest BCUT2D eigenvalue weighted by Crippen LogP contribution is 2.37. The molecule has 2 aliphatic rings. The molecule has 168 valence electrons. The average Bonchev–Trinajstić information content (AvgIpc) is 2.70. The van der Waals surface area contributed by atoms with Crippen LogP contribution in [0.4, 0.5) is 5.82 Å². The minimum Gasteiger partial charge on any atom is -0.493 e. The number of nitrogens with zero attached hydrogens (tertiary/aromatic N) is 6. The zero-order chi connectivity index (χ0) is 21.8. The van der Waals surface area contributed by atoms with Gasteiger partial charge in [0.15, 0.2) is 0 Å². The Morgan fingerprint density at radius 1 is 1.10 bits per heavy atom. The Morgan fingerprint density at radius 3 is 2.52 bits per heavy atom. The molecular weight excluding hydrogens is 392 g/mol. The van der Waals surface area contributed by atoms with Gasteiger partial charge in [-0.3, -0.25) is 4.90 Å². The van der Waals surface area contributed by atoms with Gasteiger partial charge in [-0.15, -0.1) is 0 Å². The third kappa shape index (κ3) is 5.61. The van der Waals surface area contributed by atoms with E-state index in [9.17, 15) is 5.11 Å². The smallest absolute Gasteiger partial charge is 0.319 e. The van der Waals surface area contributed by atoms with E-state index in [1.165, 1.54) is 37.2 Å². The van der Waals surface area contributed by atoms with Gasteiger partial charge in [0.1, 0.15) is 11.6 Å². The predicted octanol–water partition coefficient (Wildman–Crippen LogP) is 3.13. The van der Waals surface area contributed by atoms with Gasteiger partial charge in [-0.2, -0.15) is 4.98 Å². The highest BCUT2D eigenvalue weighted by Gasteiger charge is 2.27. The van der Waals surface area contributed by atoms with Crippen LogP contribution < -0.4 is 9.64 Å². The minimum absolute atomic E-state index is 0.0460. The van der Waals surface area contributed by atoms with Crippen molar-refractivity contribution in [1.29, 1.82) is 0 Å². The lowest BCUT2D eigenvalue weighted by molar-refractivity contribution is 0.217. The number of anilines is 1. The largest absolute Gasteiger partial charge is 0.493 e. The fourth-order valence-corrected chi connectivity index (χ4v) is 3.92. The number of hydrogen-bond acceptors (Lipinski definition) is 8. The Bertz CT molecular complexity index is 873. The van der Waals surface area contributed by atoms with Gasteiger partial charge in [-0.1, -0.05) is 27.2 Å². The zero-order valence-corrected chi connectivity index (χ0v) is 18.9. The molecule has 1 saturated carbocycles. The third-order valence-corrected chi connectivity index (χ3v) is 6.09. The van der Waals surface area contributed by atoms with Crippen LogP contribution >= 0.6 is 0 Å². The van der Waals surface area contributed by atoms with Crippen molar-refractivity contribution in [3.8, 4) is 11.9 Å². The van der Waals surface area contributed by atoms with E-state index < -0.39 is 0 Å². The van der Waals surface area contributed by atoms with Gasteiger partial charge in [0.25, 0.3) is 0 Å². The number of aromatic hydroxyl groups is 1. The average molecular weight is 427 g/mol. The molecule has 1 N–H and O–H groups in total. The van der Waals surface area contributed by atoms with Crippen LogP contribution in [0.3, 0.4) is 0 Å². The minimum atomic E-state index is -0.0686. The van der Waals surface area contributed by atoms with Gasteiger partial charge < -0.3 is 14.7 Å². The second-order valence-corrected chi connectivity index (χ2v) is 9.58. The summed E-state index contributed by atoms with van der Waals surface area (Å²) >= 11 is 0. The van der Waals surface area contributed by atoms with Crippen molar-refractivity contribution in [2.45, 2.75) is 57.8 Å². The number of piperazine rings is 1. The molecule has 1 aliphatic heterocycles. The van der Waals surface area contributed by atoms with Crippen molar-refractivity contribution in [2.75, 3.05) is 44.2 Å². The monoisotopic (exact) mass is 426 g/mol. The molecule has 3 heterocycles. The highest BCUT2D eigenvalue weighted by atomic mass is 16.5. The van der Waals surface area contributed by atoms with Gasteiger partial charge in [0.2, 0.25) is 5.88 Å². The molecule has 1 aliphatic carbocycles. The van der Waals surface area contributed by atoms with E-state index in [4.69, 9.17) is 14.7 Å². The molecule has 0 atom stereocenters. The van der Waals surface area contributed by atoms with Gasteiger partial charge in [0.05, 0.1) is 6.61 Å².